The second-order valence-corrected chi connectivity index (χ2v) is 10.1. The van der Waals surface area contributed by atoms with E-state index in [1.54, 1.807) is 45.3 Å². The van der Waals surface area contributed by atoms with Crippen LogP contribution in [-0.2, 0) is 20.0 Å². The molecular weight excluding hydrogens is 441 g/mol. The highest BCUT2D eigenvalue weighted by atomic mass is 32.1. The van der Waals surface area contributed by atoms with E-state index in [-0.39, 0.29) is 0 Å². The third-order valence-corrected chi connectivity index (χ3v) is 8.18. The Morgan fingerprint density at radius 1 is 0.828 bits per heavy atom. The summed E-state index contributed by atoms with van der Waals surface area (Å²) in [6.07, 6.45) is -0.401. The molecule has 148 valence electrons. The fraction of sp³-hybridized carbons (Fsp3) is 0.182. The molecule has 0 radical (unpaired) electrons. The van der Waals surface area contributed by atoms with Crippen molar-refractivity contribution in [1.29, 1.82) is 0 Å². The van der Waals surface area contributed by atoms with Crippen LogP contribution in [0.15, 0.2) is 70.1 Å². The van der Waals surface area contributed by atoms with Gasteiger partial charge in [-0.15, -0.1) is 45.3 Å². The van der Waals surface area contributed by atoms with E-state index in [2.05, 4.69) is 40.4 Å². The maximum Gasteiger partial charge on any atom is 0.289 e. The van der Waals surface area contributed by atoms with Gasteiger partial charge in [-0.05, 0) is 52.7 Å². The number of rotatable bonds is 6. The van der Waals surface area contributed by atoms with Crippen molar-refractivity contribution in [2.75, 3.05) is 6.61 Å². The second kappa shape index (κ2) is 8.08. The van der Waals surface area contributed by atoms with Crippen LogP contribution in [0.25, 0.3) is 11.5 Å². The van der Waals surface area contributed by atoms with Crippen LogP contribution in [0.2, 0.25) is 0 Å². The molecule has 0 saturated heterocycles. The van der Waals surface area contributed by atoms with E-state index in [1.807, 2.05) is 36.6 Å². The van der Waals surface area contributed by atoms with E-state index in [9.17, 15) is 0 Å². The van der Waals surface area contributed by atoms with Gasteiger partial charge in [-0.3, -0.25) is 0 Å². The molecule has 1 aliphatic heterocycles. The largest absolute Gasteiger partial charge is 0.472 e. The standard InChI is InChI=1S/C22H18O3S4/c1-2-23-22(18-10-6-14-29-18)21(17-9-5-13-28-17)24-19(15-7-3-11-26-15)20(25-22)16-8-4-12-27-16/h3-14,21H,2H2,1H3. The highest BCUT2D eigenvalue weighted by Crippen LogP contribution is 2.55. The summed E-state index contributed by atoms with van der Waals surface area (Å²) in [6.45, 7) is 2.50. The molecule has 0 aliphatic carbocycles. The monoisotopic (exact) mass is 458 g/mol. The van der Waals surface area contributed by atoms with Crippen LogP contribution in [-0.4, -0.2) is 6.61 Å². The number of thiophene rings is 4. The lowest BCUT2D eigenvalue weighted by Gasteiger charge is -2.43. The Balaban J connectivity index is 1.74. The Hall–Kier alpha value is -1.90. The minimum Gasteiger partial charge on any atom is -0.472 e. The predicted octanol–water partition coefficient (Wildman–Crippen LogP) is 7.44. The lowest BCUT2D eigenvalue weighted by molar-refractivity contribution is -0.268. The molecule has 4 aromatic heterocycles. The third-order valence-electron chi connectivity index (χ3n) is 4.56. The summed E-state index contributed by atoms with van der Waals surface area (Å²) in [6, 6.07) is 16.4. The third kappa shape index (κ3) is 3.37. The minimum absolute atomic E-state index is 0.401. The van der Waals surface area contributed by atoms with Crippen molar-refractivity contribution in [2.24, 2.45) is 0 Å². The first-order valence-corrected chi connectivity index (χ1v) is 12.7. The summed E-state index contributed by atoms with van der Waals surface area (Å²) in [5.74, 6) is 0.471. The molecule has 0 spiro atoms. The summed E-state index contributed by atoms with van der Waals surface area (Å²) in [7, 11) is 0. The van der Waals surface area contributed by atoms with Gasteiger partial charge in [0, 0.05) is 6.61 Å². The van der Waals surface area contributed by atoms with E-state index < -0.39 is 11.9 Å². The summed E-state index contributed by atoms with van der Waals surface area (Å²) in [4.78, 5) is 4.15. The Morgan fingerprint density at radius 3 is 2.07 bits per heavy atom. The van der Waals surface area contributed by atoms with E-state index in [0.29, 0.717) is 6.61 Å². The Labute approximate surface area is 185 Å². The van der Waals surface area contributed by atoms with E-state index in [0.717, 1.165) is 31.0 Å². The van der Waals surface area contributed by atoms with Gasteiger partial charge in [0.25, 0.3) is 5.79 Å². The van der Waals surface area contributed by atoms with Crippen LogP contribution in [0.3, 0.4) is 0 Å². The van der Waals surface area contributed by atoms with Crippen molar-refractivity contribution in [3.8, 4) is 0 Å². The smallest absolute Gasteiger partial charge is 0.289 e. The van der Waals surface area contributed by atoms with Gasteiger partial charge in [0.15, 0.2) is 11.5 Å². The van der Waals surface area contributed by atoms with E-state index in [4.69, 9.17) is 14.2 Å². The molecule has 1 aliphatic rings. The molecule has 4 aromatic rings. The van der Waals surface area contributed by atoms with Crippen LogP contribution in [0.4, 0.5) is 0 Å². The van der Waals surface area contributed by atoms with Crippen LogP contribution in [0.1, 0.15) is 32.5 Å². The van der Waals surface area contributed by atoms with Gasteiger partial charge in [-0.1, -0.05) is 24.3 Å². The summed E-state index contributed by atoms with van der Waals surface area (Å²) in [5.41, 5.74) is 0. The fourth-order valence-corrected chi connectivity index (χ4v) is 6.42. The average Bonchev–Trinajstić information content (AvgIpc) is 3.55. The molecule has 2 atom stereocenters. The van der Waals surface area contributed by atoms with Crippen LogP contribution in [0.5, 0.6) is 0 Å². The molecule has 3 nitrogen and oxygen atoms in total. The maximum absolute atomic E-state index is 6.84. The lowest BCUT2D eigenvalue weighted by atomic mass is 10.0. The molecular formula is C22H18O3S4. The molecule has 5 heterocycles. The van der Waals surface area contributed by atoms with Crippen LogP contribution in [0, 0.1) is 0 Å². The van der Waals surface area contributed by atoms with Gasteiger partial charge >= 0.3 is 0 Å². The van der Waals surface area contributed by atoms with Gasteiger partial charge in [-0.25, -0.2) is 0 Å². The van der Waals surface area contributed by atoms with Crippen LogP contribution < -0.4 is 0 Å². The number of hydrogen-bond acceptors (Lipinski definition) is 7. The molecule has 5 rings (SSSR count). The average molecular weight is 459 g/mol. The van der Waals surface area contributed by atoms with E-state index >= 15 is 0 Å². The molecule has 29 heavy (non-hydrogen) atoms. The zero-order valence-corrected chi connectivity index (χ0v) is 18.8. The maximum atomic E-state index is 6.84. The molecule has 0 bridgehead atoms. The molecule has 0 aromatic carbocycles. The first-order valence-electron chi connectivity index (χ1n) is 9.21. The van der Waals surface area contributed by atoms with Gasteiger partial charge in [0.1, 0.15) is 0 Å². The topological polar surface area (TPSA) is 27.7 Å². The first-order chi connectivity index (χ1) is 14.3. The van der Waals surface area contributed by atoms with Crippen LogP contribution >= 0.6 is 45.3 Å². The summed E-state index contributed by atoms with van der Waals surface area (Å²) >= 11 is 6.57. The normalized spacial score (nSPS) is 21.8. The predicted molar refractivity (Wildman–Crippen MR) is 122 cm³/mol. The Bertz CT molecular complexity index is 1060. The fourth-order valence-electron chi connectivity index (χ4n) is 3.38. The number of ether oxygens (including phenoxy) is 3. The van der Waals surface area contributed by atoms with Crippen molar-refractivity contribution in [2.45, 2.75) is 18.8 Å². The minimum atomic E-state index is -1.03. The highest BCUT2D eigenvalue weighted by Gasteiger charge is 2.53. The lowest BCUT2D eigenvalue weighted by Crippen LogP contribution is -2.42. The van der Waals surface area contributed by atoms with Gasteiger partial charge in [-0.2, -0.15) is 0 Å². The zero-order chi connectivity index (χ0) is 19.7. The molecule has 0 amide bonds. The van der Waals surface area contributed by atoms with Gasteiger partial charge in [0.2, 0.25) is 6.10 Å². The van der Waals surface area contributed by atoms with Crippen molar-refractivity contribution >= 4 is 56.9 Å². The van der Waals surface area contributed by atoms with Gasteiger partial charge in [0.05, 0.1) is 19.5 Å². The number of hydrogen-bond donors (Lipinski definition) is 0. The quantitative estimate of drug-likeness (QED) is 0.300. The summed E-state index contributed by atoms with van der Waals surface area (Å²) < 4.78 is 20.0. The Kier molecular flexibility index (Phi) is 5.32. The molecule has 0 saturated carbocycles. The molecule has 0 N–H and O–H groups in total. The van der Waals surface area contributed by atoms with E-state index in [1.165, 1.54) is 0 Å². The van der Waals surface area contributed by atoms with Crippen molar-refractivity contribution in [1.82, 2.24) is 0 Å². The molecule has 7 heteroatoms. The summed E-state index contributed by atoms with van der Waals surface area (Å²) in [5, 5.41) is 8.22. The first kappa shape index (κ1) is 19.1. The molecule has 2 unspecified atom stereocenters. The van der Waals surface area contributed by atoms with Crippen molar-refractivity contribution in [3.05, 3.63) is 89.6 Å². The SMILES string of the molecule is CCOC1(c2cccs2)OC(c2cccs2)=C(c2cccs2)OC1c1cccs1. The van der Waals surface area contributed by atoms with Gasteiger partial charge < -0.3 is 14.2 Å². The van der Waals surface area contributed by atoms with Crippen molar-refractivity contribution < 1.29 is 14.2 Å². The molecule has 0 fully saturated rings. The van der Waals surface area contributed by atoms with Crippen molar-refractivity contribution in [3.63, 3.8) is 0 Å². The second-order valence-electron chi connectivity index (χ2n) is 6.31. The Morgan fingerprint density at radius 2 is 1.48 bits per heavy atom. The zero-order valence-electron chi connectivity index (χ0n) is 15.6. The highest BCUT2D eigenvalue weighted by molar-refractivity contribution is 7.12.